The molecule has 3 heterocycles. The lowest BCUT2D eigenvalue weighted by Gasteiger charge is -2.05. The van der Waals surface area contributed by atoms with Gasteiger partial charge in [0.25, 0.3) is 0 Å². The number of hydrogen-bond donors (Lipinski definition) is 1. The maximum atomic E-state index is 5.43. The molecule has 0 saturated carbocycles. The van der Waals surface area contributed by atoms with Crippen molar-refractivity contribution >= 4 is 17.0 Å². The first-order valence-corrected chi connectivity index (χ1v) is 8.71. The maximum absolute atomic E-state index is 5.43. The number of benzene rings is 2. The van der Waals surface area contributed by atoms with E-state index in [1.54, 1.807) is 11.3 Å². The molecule has 6 nitrogen and oxygen atoms in total. The Hall–Kier alpha value is -2.93. The van der Waals surface area contributed by atoms with Gasteiger partial charge in [0.2, 0.25) is 13.6 Å². The minimum absolute atomic E-state index is 0.279. The summed E-state index contributed by atoms with van der Waals surface area (Å²) in [6.07, 6.45) is 0. The van der Waals surface area contributed by atoms with Gasteiger partial charge in [0.05, 0.1) is 12.2 Å². The number of aromatic nitrogens is 1. The molecule has 1 aromatic heterocycles. The molecule has 0 radical (unpaired) electrons. The number of fused-ring (bicyclic) bond motifs is 2. The molecule has 0 fully saturated rings. The minimum Gasteiger partial charge on any atom is -0.454 e. The van der Waals surface area contributed by atoms with Crippen LogP contribution in [-0.4, -0.2) is 18.6 Å². The zero-order valence-corrected chi connectivity index (χ0v) is 14.0. The fourth-order valence-corrected chi connectivity index (χ4v) is 3.57. The fourth-order valence-electron chi connectivity index (χ4n) is 2.75. The van der Waals surface area contributed by atoms with Gasteiger partial charge >= 0.3 is 0 Å². The van der Waals surface area contributed by atoms with Crippen LogP contribution in [0, 0.1) is 0 Å². The van der Waals surface area contributed by atoms with E-state index in [-0.39, 0.29) is 13.6 Å². The van der Waals surface area contributed by atoms with Crippen molar-refractivity contribution in [1.82, 2.24) is 4.98 Å². The number of nitrogens with one attached hydrogen (secondary N) is 1. The molecule has 7 heteroatoms. The van der Waals surface area contributed by atoms with Gasteiger partial charge in [-0.2, -0.15) is 0 Å². The first kappa shape index (κ1) is 14.4. The number of ether oxygens (including phenoxy) is 4. The van der Waals surface area contributed by atoms with Gasteiger partial charge in [-0.15, -0.1) is 11.3 Å². The van der Waals surface area contributed by atoms with Gasteiger partial charge in [-0.3, -0.25) is 0 Å². The Morgan fingerprint density at radius 2 is 1.60 bits per heavy atom. The van der Waals surface area contributed by atoms with Gasteiger partial charge in [-0.05, 0) is 30.3 Å². The maximum Gasteiger partial charge on any atom is 0.231 e. The van der Waals surface area contributed by atoms with Gasteiger partial charge in [0.1, 0.15) is 5.01 Å². The van der Waals surface area contributed by atoms with Crippen molar-refractivity contribution in [2.45, 2.75) is 6.54 Å². The van der Waals surface area contributed by atoms with Crippen LogP contribution in [0.4, 0.5) is 5.69 Å². The fraction of sp³-hybridized carbons (Fsp3) is 0.167. The highest BCUT2D eigenvalue weighted by Gasteiger charge is 2.16. The number of thiazole rings is 1. The largest absolute Gasteiger partial charge is 0.454 e. The highest BCUT2D eigenvalue weighted by Crippen LogP contribution is 2.37. The molecular formula is C18H14N2O4S. The van der Waals surface area contributed by atoms with Crippen molar-refractivity contribution < 1.29 is 18.9 Å². The Balaban J connectivity index is 1.30. The van der Waals surface area contributed by atoms with E-state index in [0.717, 1.165) is 45.0 Å². The van der Waals surface area contributed by atoms with E-state index in [1.165, 1.54) is 0 Å². The average molecular weight is 354 g/mol. The predicted octanol–water partition coefficient (Wildman–Crippen LogP) is 3.88. The average Bonchev–Trinajstić information content (AvgIpc) is 3.38. The molecule has 2 aromatic carbocycles. The Kier molecular flexibility index (Phi) is 3.38. The second-order valence-electron chi connectivity index (χ2n) is 5.63. The molecular weight excluding hydrogens is 340 g/mol. The summed E-state index contributed by atoms with van der Waals surface area (Å²) in [7, 11) is 0. The van der Waals surface area contributed by atoms with E-state index >= 15 is 0 Å². The quantitative estimate of drug-likeness (QED) is 0.767. The topological polar surface area (TPSA) is 61.8 Å². The summed E-state index contributed by atoms with van der Waals surface area (Å²) >= 11 is 1.61. The highest BCUT2D eigenvalue weighted by atomic mass is 32.1. The summed E-state index contributed by atoms with van der Waals surface area (Å²) in [4.78, 5) is 4.70. The Morgan fingerprint density at radius 1 is 0.880 bits per heavy atom. The normalized spacial score (nSPS) is 13.9. The van der Waals surface area contributed by atoms with Gasteiger partial charge in [0.15, 0.2) is 23.0 Å². The molecule has 2 aliphatic heterocycles. The summed E-state index contributed by atoms with van der Waals surface area (Å²) in [6, 6.07) is 11.7. The first-order chi connectivity index (χ1) is 12.3. The third-order valence-electron chi connectivity index (χ3n) is 4.02. The standard InChI is InChI=1S/C18H14N2O4S/c1-3-14-16(23-9-21-14)5-11(1)18-20-13(8-25-18)7-19-12-2-4-15-17(6-12)24-10-22-15/h1-6,8,19H,7,9-10H2. The van der Waals surface area contributed by atoms with Crippen LogP contribution in [0.1, 0.15) is 5.69 Å². The summed E-state index contributed by atoms with van der Waals surface area (Å²) in [5, 5.41) is 6.38. The van der Waals surface area contributed by atoms with E-state index in [1.807, 2.05) is 36.4 Å². The van der Waals surface area contributed by atoms with Gasteiger partial charge in [-0.1, -0.05) is 0 Å². The summed E-state index contributed by atoms with van der Waals surface area (Å²) in [5.74, 6) is 3.10. The molecule has 0 aliphatic carbocycles. The van der Waals surface area contributed by atoms with Gasteiger partial charge in [-0.25, -0.2) is 4.98 Å². The molecule has 0 spiro atoms. The predicted molar refractivity (Wildman–Crippen MR) is 93.6 cm³/mol. The molecule has 1 N–H and O–H groups in total. The van der Waals surface area contributed by atoms with Crippen LogP contribution in [0.25, 0.3) is 10.6 Å². The molecule has 3 aromatic rings. The lowest BCUT2D eigenvalue weighted by Crippen LogP contribution is -1.99. The Labute approximate surface area is 147 Å². The van der Waals surface area contributed by atoms with Gasteiger partial charge < -0.3 is 24.3 Å². The Bertz CT molecular complexity index is 941. The molecule has 2 aliphatic rings. The first-order valence-electron chi connectivity index (χ1n) is 7.83. The van der Waals surface area contributed by atoms with E-state index in [0.29, 0.717) is 6.54 Å². The monoisotopic (exact) mass is 354 g/mol. The van der Waals surface area contributed by atoms with E-state index in [4.69, 9.17) is 23.9 Å². The molecule has 126 valence electrons. The van der Waals surface area contributed by atoms with Crippen molar-refractivity contribution in [3.63, 3.8) is 0 Å². The summed E-state index contributed by atoms with van der Waals surface area (Å²) in [6.45, 7) is 1.20. The molecule has 5 rings (SSSR count). The second-order valence-corrected chi connectivity index (χ2v) is 6.49. The van der Waals surface area contributed by atoms with Crippen molar-refractivity contribution in [3.8, 4) is 33.6 Å². The third-order valence-corrected chi connectivity index (χ3v) is 4.96. The summed E-state index contributed by atoms with van der Waals surface area (Å²) in [5.41, 5.74) is 2.99. The van der Waals surface area contributed by atoms with Crippen molar-refractivity contribution in [2.24, 2.45) is 0 Å². The lowest BCUT2D eigenvalue weighted by atomic mass is 10.2. The lowest BCUT2D eigenvalue weighted by molar-refractivity contribution is 0.173. The van der Waals surface area contributed by atoms with Crippen molar-refractivity contribution in [1.29, 1.82) is 0 Å². The smallest absolute Gasteiger partial charge is 0.231 e. The molecule has 0 saturated heterocycles. The number of hydrogen-bond acceptors (Lipinski definition) is 7. The number of nitrogens with zero attached hydrogens (tertiary/aromatic N) is 1. The molecule has 0 bridgehead atoms. The third kappa shape index (κ3) is 2.72. The van der Waals surface area contributed by atoms with Crippen molar-refractivity contribution in [3.05, 3.63) is 47.5 Å². The van der Waals surface area contributed by atoms with Crippen LogP contribution >= 0.6 is 11.3 Å². The molecule has 25 heavy (non-hydrogen) atoms. The molecule has 0 unspecified atom stereocenters. The highest BCUT2D eigenvalue weighted by molar-refractivity contribution is 7.13. The summed E-state index contributed by atoms with van der Waals surface area (Å²) < 4.78 is 21.5. The van der Waals surface area contributed by atoms with Crippen LogP contribution < -0.4 is 24.3 Å². The Morgan fingerprint density at radius 3 is 2.44 bits per heavy atom. The minimum atomic E-state index is 0.279. The molecule has 0 atom stereocenters. The van der Waals surface area contributed by atoms with E-state index < -0.39 is 0 Å². The molecule has 0 amide bonds. The number of rotatable bonds is 4. The second kappa shape index (κ2) is 5.86. The van der Waals surface area contributed by atoms with E-state index in [2.05, 4.69) is 10.7 Å². The SMILES string of the molecule is c1cc2c(cc1NCc1csc(-c3ccc4c(c3)OCO4)n1)OCO2. The van der Waals surface area contributed by atoms with E-state index in [9.17, 15) is 0 Å². The zero-order valence-electron chi connectivity index (χ0n) is 13.2. The van der Waals surface area contributed by atoms with Crippen LogP contribution in [0.2, 0.25) is 0 Å². The zero-order chi connectivity index (χ0) is 16.6. The van der Waals surface area contributed by atoms with Crippen molar-refractivity contribution in [2.75, 3.05) is 18.9 Å². The number of anilines is 1. The van der Waals surface area contributed by atoms with Crippen LogP contribution in [0.15, 0.2) is 41.8 Å². The van der Waals surface area contributed by atoms with Crippen LogP contribution in [0.3, 0.4) is 0 Å². The van der Waals surface area contributed by atoms with Crippen LogP contribution in [0.5, 0.6) is 23.0 Å². The van der Waals surface area contributed by atoms with Crippen LogP contribution in [-0.2, 0) is 6.54 Å². The van der Waals surface area contributed by atoms with Gasteiger partial charge in [0, 0.05) is 22.7 Å².